The summed E-state index contributed by atoms with van der Waals surface area (Å²) < 4.78 is 14.4. The minimum Gasteiger partial charge on any atom is -0.370 e. The van der Waals surface area contributed by atoms with Crippen molar-refractivity contribution in [1.82, 2.24) is 4.90 Å². The predicted molar refractivity (Wildman–Crippen MR) is 83.2 cm³/mol. The first-order chi connectivity index (χ1) is 9.16. The first kappa shape index (κ1) is 14.7. The molecule has 1 aromatic carbocycles. The standard InChI is InChI=1S/C13H17BrFN3S/c14-11-1-2-12(15)10(9-11)3-4-17-13(16)18-5-7-19-8-6-18/h1-2,9H,3-8H2,(H2,16,17). The molecule has 1 aromatic rings. The van der Waals surface area contributed by atoms with Crippen molar-refractivity contribution < 1.29 is 4.39 Å². The molecule has 2 N–H and O–H groups in total. The zero-order valence-corrected chi connectivity index (χ0v) is 13.0. The minimum absolute atomic E-state index is 0.189. The van der Waals surface area contributed by atoms with Crippen molar-refractivity contribution in [2.75, 3.05) is 31.1 Å². The fourth-order valence-corrected chi connectivity index (χ4v) is 3.23. The molecule has 0 bridgehead atoms. The van der Waals surface area contributed by atoms with Crippen LogP contribution in [0.4, 0.5) is 4.39 Å². The molecule has 0 saturated carbocycles. The lowest BCUT2D eigenvalue weighted by Gasteiger charge is -2.27. The molecule has 3 nitrogen and oxygen atoms in total. The van der Waals surface area contributed by atoms with Crippen LogP contribution in [0, 0.1) is 5.82 Å². The SMILES string of the molecule is NC(=NCCc1cc(Br)ccc1F)N1CCSCC1. The number of hydrogen-bond acceptors (Lipinski definition) is 2. The van der Waals surface area contributed by atoms with Crippen molar-refractivity contribution >= 4 is 33.7 Å². The highest BCUT2D eigenvalue weighted by atomic mass is 79.9. The molecule has 1 saturated heterocycles. The summed E-state index contributed by atoms with van der Waals surface area (Å²) in [4.78, 5) is 6.43. The third-order valence-corrected chi connectivity index (χ3v) is 4.43. The summed E-state index contributed by atoms with van der Waals surface area (Å²) in [7, 11) is 0. The molecule has 1 fully saturated rings. The van der Waals surface area contributed by atoms with E-state index in [4.69, 9.17) is 5.73 Å². The molecule has 0 radical (unpaired) electrons. The first-order valence-electron chi connectivity index (χ1n) is 6.23. The predicted octanol–water partition coefficient (Wildman–Crippen LogP) is 2.49. The van der Waals surface area contributed by atoms with Crippen LogP contribution in [-0.2, 0) is 6.42 Å². The number of nitrogens with zero attached hydrogens (tertiary/aromatic N) is 2. The van der Waals surface area contributed by atoms with Crippen LogP contribution >= 0.6 is 27.7 Å². The maximum Gasteiger partial charge on any atom is 0.191 e. The van der Waals surface area contributed by atoms with Crippen molar-refractivity contribution in [1.29, 1.82) is 0 Å². The second-order valence-corrected chi connectivity index (χ2v) is 6.47. The molecule has 0 aromatic heterocycles. The number of hydrogen-bond donors (Lipinski definition) is 1. The Morgan fingerprint density at radius 3 is 2.89 bits per heavy atom. The maximum absolute atomic E-state index is 13.5. The Morgan fingerprint density at radius 2 is 2.16 bits per heavy atom. The second-order valence-electron chi connectivity index (χ2n) is 4.33. The molecule has 6 heteroatoms. The lowest BCUT2D eigenvalue weighted by Crippen LogP contribution is -2.42. The zero-order valence-electron chi connectivity index (χ0n) is 10.6. The summed E-state index contributed by atoms with van der Waals surface area (Å²) in [5.74, 6) is 2.58. The van der Waals surface area contributed by atoms with Gasteiger partial charge in [0, 0.05) is 35.6 Å². The highest BCUT2D eigenvalue weighted by Gasteiger charge is 2.11. The van der Waals surface area contributed by atoms with Gasteiger partial charge in [-0.15, -0.1) is 0 Å². The van der Waals surface area contributed by atoms with E-state index in [1.165, 1.54) is 6.07 Å². The van der Waals surface area contributed by atoms with Crippen LogP contribution in [-0.4, -0.2) is 42.0 Å². The Balaban J connectivity index is 1.89. The molecule has 0 aliphatic carbocycles. The van der Waals surface area contributed by atoms with Gasteiger partial charge in [0.25, 0.3) is 0 Å². The van der Waals surface area contributed by atoms with Crippen molar-refractivity contribution in [2.24, 2.45) is 10.7 Å². The number of rotatable bonds is 3. The van der Waals surface area contributed by atoms with Gasteiger partial charge in [0.2, 0.25) is 0 Å². The fraction of sp³-hybridized carbons (Fsp3) is 0.462. The normalized spacial score (nSPS) is 16.7. The summed E-state index contributed by atoms with van der Waals surface area (Å²) in [6.07, 6.45) is 0.564. The van der Waals surface area contributed by atoms with Gasteiger partial charge in [-0.25, -0.2) is 4.39 Å². The lowest BCUT2D eigenvalue weighted by molar-refractivity contribution is 0.456. The van der Waals surface area contributed by atoms with E-state index in [9.17, 15) is 4.39 Å². The van der Waals surface area contributed by atoms with Crippen molar-refractivity contribution in [3.63, 3.8) is 0 Å². The number of aliphatic imine (C=N–C) groups is 1. The Kier molecular flexibility index (Phi) is 5.51. The van der Waals surface area contributed by atoms with Gasteiger partial charge in [-0.2, -0.15) is 11.8 Å². The molecule has 0 amide bonds. The molecule has 0 atom stereocenters. The second kappa shape index (κ2) is 7.14. The van der Waals surface area contributed by atoms with Gasteiger partial charge in [0.1, 0.15) is 5.82 Å². The molecule has 1 heterocycles. The number of nitrogens with two attached hydrogens (primary N) is 1. The van der Waals surface area contributed by atoms with Gasteiger partial charge in [0.15, 0.2) is 5.96 Å². The Morgan fingerprint density at radius 1 is 1.42 bits per heavy atom. The van der Waals surface area contributed by atoms with Crippen molar-refractivity contribution in [3.8, 4) is 0 Å². The van der Waals surface area contributed by atoms with Gasteiger partial charge in [-0.3, -0.25) is 4.99 Å². The van der Waals surface area contributed by atoms with Crippen LogP contribution in [0.15, 0.2) is 27.7 Å². The number of guanidine groups is 1. The molecule has 1 aliphatic heterocycles. The molecule has 19 heavy (non-hydrogen) atoms. The molecule has 104 valence electrons. The van der Waals surface area contributed by atoms with Crippen molar-refractivity contribution in [3.05, 3.63) is 34.1 Å². The molecule has 0 unspecified atom stereocenters. The third-order valence-electron chi connectivity index (χ3n) is 3.00. The average molecular weight is 346 g/mol. The molecular weight excluding hydrogens is 329 g/mol. The molecule has 2 rings (SSSR count). The monoisotopic (exact) mass is 345 g/mol. The fourth-order valence-electron chi connectivity index (χ4n) is 1.92. The highest BCUT2D eigenvalue weighted by Crippen LogP contribution is 2.16. The van der Waals surface area contributed by atoms with Gasteiger partial charge in [0.05, 0.1) is 0 Å². The Bertz CT molecular complexity index is 461. The molecule has 1 aliphatic rings. The Labute approximate surface area is 125 Å². The average Bonchev–Trinajstić information content (AvgIpc) is 2.43. The summed E-state index contributed by atoms with van der Waals surface area (Å²) in [5.41, 5.74) is 6.61. The van der Waals surface area contributed by atoms with E-state index in [0.29, 0.717) is 24.5 Å². The largest absolute Gasteiger partial charge is 0.370 e. The Hall–Kier alpha value is -0.750. The third kappa shape index (κ3) is 4.38. The summed E-state index contributed by atoms with van der Waals surface area (Å²) >= 11 is 5.28. The van der Waals surface area contributed by atoms with E-state index >= 15 is 0 Å². The quantitative estimate of drug-likeness (QED) is 0.675. The van der Waals surface area contributed by atoms with Gasteiger partial charge < -0.3 is 10.6 Å². The number of thioether (sulfide) groups is 1. The van der Waals surface area contributed by atoms with E-state index in [-0.39, 0.29) is 5.82 Å². The van der Waals surface area contributed by atoms with Gasteiger partial charge in [-0.1, -0.05) is 15.9 Å². The van der Waals surface area contributed by atoms with Gasteiger partial charge in [-0.05, 0) is 30.2 Å². The van der Waals surface area contributed by atoms with E-state index in [2.05, 4.69) is 25.8 Å². The van der Waals surface area contributed by atoms with Crippen LogP contribution in [0.5, 0.6) is 0 Å². The van der Waals surface area contributed by atoms with Crippen LogP contribution in [0.25, 0.3) is 0 Å². The van der Waals surface area contributed by atoms with Crippen LogP contribution in [0.3, 0.4) is 0 Å². The zero-order chi connectivity index (χ0) is 13.7. The number of halogens is 2. The smallest absolute Gasteiger partial charge is 0.191 e. The highest BCUT2D eigenvalue weighted by molar-refractivity contribution is 9.10. The van der Waals surface area contributed by atoms with Gasteiger partial charge >= 0.3 is 0 Å². The topological polar surface area (TPSA) is 41.6 Å². The lowest BCUT2D eigenvalue weighted by atomic mass is 10.1. The molecular formula is C13H17BrFN3S. The maximum atomic E-state index is 13.5. The summed E-state index contributed by atoms with van der Waals surface area (Å²) in [6, 6.07) is 4.95. The van der Waals surface area contributed by atoms with E-state index < -0.39 is 0 Å². The van der Waals surface area contributed by atoms with Crippen LogP contribution in [0.2, 0.25) is 0 Å². The minimum atomic E-state index is -0.189. The number of benzene rings is 1. The van der Waals surface area contributed by atoms with Crippen LogP contribution < -0.4 is 5.73 Å². The van der Waals surface area contributed by atoms with E-state index in [1.54, 1.807) is 12.1 Å². The van der Waals surface area contributed by atoms with E-state index in [1.807, 2.05) is 11.8 Å². The first-order valence-corrected chi connectivity index (χ1v) is 8.18. The summed E-state index contributed by atoms with van der Waals surface area (Å²) in [5, 5.41) is 0. The molecule has 0 spiro atoms. The van der Waals surface area contributed by atoms with Crippen molar-refractivity contribution in [2.45, 2.75) is 6.42 Å². The van der Waals surface area contributed by atoms with E-state index in [0.717, 1.165) is 29.1 Å². The van der Waals surface area contributed by atoms with Crippen LogP contribution in [0.1, 0.15) is 5.56 Å². The summed E-state index contributed by atoms with van der Waals surface area (Å²) in [6.45, 7) is 2.42.